The zero-order chi connectivity index (χ0) is 47.4. The molecular formula is C67H42BNO2S. The lowest BCUT2D eigenvalue weighted by atomic mass is 9.35. The predicted molar refractivity (Wildman–Crippen MR) is 307 cm³/mol. The maximum absolute atomic E-state index is 7.17. The van der Waals surface area contributed by atoms with Crippen molar-refractivity contribution in [2.75, 3.05) is 4.90 Å². The molecule has 0 N–H and O–H groups in total. The maximum Gasteiger partial charge on any atom is 0.247 e. The number of aryl methyl sites for hydroxylation is 1. The molecule has 0 fully saturated rings. The number of hydrogen-bond acceptors (Lipinski definition) is 4. The molecule has 3 heterocycles. The summed E-state index contributed by atoms with van der Waals surface area (Å²) >= 11 is 1.85. The van der Waals surface area contributed by atoms with Gasteiger partial charge in [-0.15, -0.1) is 11.3 Å². The Hall–Kier alpha value is -8.90. The van der Waals surface area contributed by atoms with Crippen LogP contribution in [0.3, 0.4) is 0 Å². The fourth-order valence-corrected chi connectivity index (χ4v) is 13.1. The molecule has 15 rings (SSSR count). The van der Waals surface area contributed by atoms with Crippen LogP contribution in [0, 0.1) is 6.92 Å². The van der Waals surface area contributed by atoms with Crippen molar-refractivity contribution in [2.45, 2.75) is 6.92 Å². The second-order valence-electron chi connectivity index (χ2n) is 19.1. The standard InChI is InChI=1S/C67H42BNO2S/c1-41-18-5-11-29-56(41)68(57-30-15-27-51-47-24-9-13-33-61(47)71-66(51)57)58-40-54-50-26-17-34-62-65(50)55(39-53(54)45-22-6-7-23-46(45)58)48-37-36-43(38-63(48)70-62)69(59-31-12-8-21-44(59)42-19-3-2-4-20-42)60-32-16-28-52-49-25-10-14-35-64(49)72-67(52)60/h2-40H,1H3. The number of thiophene rings is 1. The Morgan fingerprint density at radius 1 is 0.403 bits per heavy atom. The number of para-hydroxylation sites is 3. The largest absolute Gasteiger partial charge is 0.457 e. The molecule has 72 heavy (non-hydrogen) atoms. The summed E-state index contributed by atoms with van der Waals surface area (Å²) in [5.74, 6) is 1.69. The highest BCUT2D eigenvalue weighted by atomic mass is 32.1. The van der Waals surface area contributed by atoms with Gasteiger partial charge in [0.2, 0.25) is 6.71 Å². The zero-order valence-electron chi connectivity index (χ0n) is 39.3. The molecule has 0 unspecified atom stereocenters. The molecule has 0 amide bonds. The quantitative estimate of drug-likeness (QED) is 0.118. The van der Waals surface area contributed by atoms with Crippen LogP contribution in [0.5, 0.6) is 11.5 Å². The van der Waals surface area contributed by atoms with E-state index in [9.17, 15) is 0 Å². The van der Waals surface area contributed by atoms with Gasteiger partial charge in [0.05, 0.1) is 16.1 Å². The normalized spacial score (nSPS) is 12.1. The molecule has 2 aromatic heterocycles. The Balaban J connectivity index is 0.952. The smallest absolute Gasteiger partial charge is 0.247 e. The summed E-state index contributed by atoms with van der Waals surface area (Å²) in [5, 5.41) is 11.9. The third-order valence-corrected chi connectivity index (χ3v) is 16.3. The molecule has 12 aromatic carbocycles. The van der Waals surface area contributed by atoms with Crippen molar-refractivity contribution in [1.82, 2.24) is 0 Å². The topological polar surface area (TPSA) is 25.6 Å². The lowest BCUT2D eigenvalue weighted by Crippen LogP contribution is -2.53. The van der Waals surface area contributed by atoms with Crippen molar-refractivity contribution in [1.29, 1.82) is 0 Å². The van der Waals surface area contributed by atoms with Crippen molar-refractivity contribution in [2.24, 2.45) is 0 Å². The monoisotopic (exact) mass is 935 g/mol. The highest BCUT2D eigenvalue weighted by molar-refractivity contribution is 7.26. The zero-order valence-corrected chi connectivity index (χ0v) is 40.1. The van der Waals surface area contributed by atoms with Crippen molar-refractivity contribution >= 4 is 126 Å². The number of furan rings is 1. The molecule has 14 aromatic rings. The van der Waals surface area contributed by atoms with E-state index in [0.29, 0.717) is 0 Å². The molecule has 0 bridgehead atoms. The van der Waals surface area contributed by atoms with Gasteiger partial charge >= 0.3 is 0 Å². The van der Waals surface area contributed by atoms with Crippen LogP contribution in [0.15, 0.2) is 241 Å². The minimum Gasteiger partial charge on any atom is -0.457 e. The van der Waals surface area contributed by atoms with Crippen LogP contribution in [0.4, 0.5) is 17.1 Å². The molecule has 0 saturated heterocycles. The van der Waals surface area contributed by atoms with Crippen LogP contribution in [0.1, 0.15) is 5.56 Å². The fourth-order valence-electron chi connectivity index (χ4n) is 11.9. The van der Waals surface area contributed by atoms with Crippen LogP contribution < -0.4 is 26.0 Å². The first-order valence-corrected chi connectivity index (χ1v) is 25.5. The average molecular weight is 936 g/mol. The number of anilines is 3. The molecule has 0 radical (unpaired) electrons. The average Bonchev–Trinajstić information content (AvgIpc) is 4.02. The molecule has 3 nitrogen and oxygen atoms in total. The first kappa shape index (κ1) is 40.9. The molecule has 5 heteroatoms. The van der Waals surface area contributed by atoms with Crippen LogP contribution in [0.2, 0.25) is 0 Å². The van der Waals surface area contributed by atoms with Gasteiger partial charge < -0.3 is 14.1 Å². The molecular weight excluding hydrogens is 894 g/mol. The Bertz CT molecular complexity index is 4530. The fraction of sp³-hybridized carbons (Fsp3) is 0.0149. The van der Waals surface area contributed by atoms with Crippen molar-refractivity contribution < 1.29 is 9.15 Å². The highest BCUT2D eigenvalue weighted by Gasteiger charge is 2.31. The first-order chi connectivity index (χ1) is 35.6. The van der Waals surface area contributed by atoms with Gasteiger partial charge in [0.1, 0.15) is 22.7 Å². The molecule has 0 aliphatic carbocycles. The highest BCUT2D eigenvalue weighted by Crippen LogP contribution is 2.53. The second kappa shape index (κ2) is 16.1. The molecule has 1 aliphatic rings. The Kier molecular flexibility index (Phi) is 9.14. The van der Waals surface area contributed by atoms with E-state index in [-0.39, 0.29) is 6.71 Å². The van der Waals surface area contributed by atoms with Gasteiger partial charge in [0.15, 0.2) is 0 Å². The Morgan fingerprint density at radius 3 is 1.97 bits per heavy atom. The number of rotatable bonds is 7. The van der Waals surface area contributed by atoms with Crippen molar-refractivity contribution in [3.8, 4) is 33.8 Å². The van der Waals surface area contributed by atoms with E-state index in [0.717, 1.165) is 78.0 Å². The SMILES string of the molecule is Cc1ccccc1B(c1cc2c3cccc4c3c(cc2c2ccccc12)-c1ccc(N(c2ccccc2-c2ccccc2)c2cccc3c2sc2ccccc23)cc1O4)c1cccc2c1oc1ccccc12. The number of hydrogen-bond donors (Lipinski definition) is 0. The van der Waals surface area contributed by atoms with Gasteiger partial charge in [0, 0.05) is 54.5 Å². The number of fused-ring (bicyclic) bond motifs is 12. The number of nitrogens with zero attached hydrogens (tertiary/aromatic N) is 1. The third-order valence-electron chi connectivity index (χ3n) is 15.1. The lowest BCUT2D eigenvalue weighted by Gasteiger charge is -2.30. The number of benzene rings is 12. The summed E-state index contributed by atoms with van der Waals surface area (Å²) in [6, 6.07) is 86.1. The van der Waals surface area contributed by atoms with Gasteiger partial charge in [0.25, 0.3) is 0 Å². The summed E-state index contributed by atoms with van der Waals surface area (Å²) in [7, 11) is 0. The van der Waals surface area contributed by atoms with Crippen molar-refractivity contribution in [3.05, 3.63) is 242 Å². The minimum absolute atomic E-state index is 0.112. The van der Waals surface area contributed by atoms with Crippen LogP contribution in [0.25, 0.3) is 96.7 Å². The van der Waals surface area contributed by atoms with Gasteiger partial charge in [-0.1, -0.05) is 198 Å². The van der Waals surface area contributed by atoms with Gasteiger partial charge in [-0.3, -0.25) is 0 Å². The minimum atomic E-state index is -0.112. The van der Waals surface area contributed by atoms with E-state index in [4.69, 9.17) is 9.15 Å². The molecule has 1 aliphatic heterocycles. The van der Waals surface area contributed by atoms with E-state index >= 15 is 0 Å². The van der Waals surface area contributed by atoms with E-state index in [2.05, 4.69) is 248 Å². The van der Waals surface area contributed by atoms with Gasteiger partial charge in [-0.2, -0.15) is 0 Å². The lowest BCUT2D eigenvalue weighted by molar-refractivity contribution is 0.487. The molecule has 0 atom stereocenters. The molecule has 336 valence electrons. The van der Waals surface area contributed by atoms with Gasteiger partial charge in [-0.25, -0.2) is 0 Å². The van der Waals surface area contributed by atoms with Crippen LogP contribution in [-0.2, 0) is 0 Å². The summed E-state index contributed by atoms with van der Waals surface area (Å²) in [5.41, 5.74) is 14.5. The second-order valence-corrected chi connectivity index (χ2v) is 20.1. The van der Waals surface area contributed by atoms with E-state index in [1.807, 2.05) is 11.3 Å². The van der Waals surface area contributed by atoms with E-state index < -0.39 is 0 Å². The summed E-state index contributed by atoms with van der Waals surface area (Å²) in [4.78, 5) is 2.44. The van der Waals surface area contributed by atoms with Crippen LogP contribution >= 0.6 is 11.3 Å². The summed E-state index contributed by atoms with van der Waals surface area (Å²) < 4.78 is 16.5. The number of ether oxygens (including phenoxy) is 1. The van der Waals surface area contributed by atoms with E-state index in [1.165, 1.54) is 69.2 Å². The molecule has 0 saturated carbocycles. The van der Waals surface area contributed by atoms with E-state index in [1.54, 1.807) is 0 Å². The maximum atomic E-state index is 7.17. The predicted octanol–water partition coefficient (Wildman–Crippen LogP) is 17.1. The van der Waals surface area contributed by atoms with Gasteiger partial charge in [-0.05, 0) is 99.0 Å². The van der Waals surface area contributed by atoms with Crippen LogP contribution in [-0.4, -0.2) is 6.71 Å². The van der Waals surface area contributed by atoms with Crippen molar-refractivity contribution in [3.63, 3.8) is 0 Å². The Morgan fingerprint density at radius 2 is 1.07 bits per heavy atom. The molecule has 0 spiro atoms. The third kappa shape index (κ3) is 6.17. The first-order valence-electron chi connectivity index (χ1n) is 24.7. The Labute approximate surface area is 420 Å². The summed E-state index contributed by atoms with van der Waals surface area (Å²) in [6.07, 6.45) is 0. The summed E-state index contributed by atoms with van der Waals surface area (Å²) in [6.45, 7) is 2.12.